The van der Waals surface area contributed by atoms with Gasteiger partial charge in [0.1, 0.15) is 17.2 Å². The Bertz CT molecular complexity index is 979. The normalized spacial score (nSPS) is 14.1. The third-order valence-electron chi connectivity index (χ3n) is 4.71. The number of carbonyl (C=O) groups excluding carboxylic acids is 2. The Morgan fingerprint density at radius 3 is 2.81 bits per heavy atom. The van der Waals surface area contributed by atoms with Gasteiger partial charge >= 0.3 is 0 Å². The van der Waals surface area contributed by atoms with Crippen molar-refractivity contribution >= 4 is 28.5 Å². The Hall–Kier alpha value is -3.15. The van der Waals surface area contributed by atoms with E-state index in [0.717, 1.165) is 23.2 Å². The number of anilines is 1. The molecule has 0 saturated carbocycles. The van der Waals surface area contributed by atoms with Crippen LogP contribution < -0.4 is 10.2 Å². The Morgan fingerprint density at radius 2 is 2.04 bits per heavy atom. The van der Waals surface area contributed by atoms with E-state index in [2.05, 4.69) is 5.32 Å². The second-order valence-corrected chi connectivity index (χ2v) is 6.57. The van der Waals surface area contributed by atoms with Crippen molar-refractivity contribution in [1.82, 2.24) is 5.32 Å². The number of nitrogens with one attached hydrogen (secondary N) is 1. The van der Waals surface area contributed by atoms with Crippen LogP contribution in [0.15, 0.2) is 52.9 Å². The number of hydrogen-bond acceptors (Lipinski definition) is 3. The number of rotatable bonds is 5. The molecule has 2 aromatic carbocycles. The zero-order valence-electron chi connectivity index (χ0n) is 14.7. The molecule has 0 bridgehead atoms. The van der Waals surface area contributed by atoms with Crippen molar-refractivity contribution in [2.45, 2.75) is 19.3 Å². The molecule has 0 unspecified atom stereocenters. The van der Waals surface area contributed by atoms with Gasteiger partial charge in [0.15, 0.2) is 0 Å². The molecule has 1 aliphatic rings. The van der Waals surface area contributed by atoms with Gasteiger partial charge in [-0.1, -0.05) is 18.2 Å². The van der Waals surface area contributed by atoms with E-state index in [0.29, 0.717) is 31.6 Å². The number of amides is 2. The Balaban J connectivity index is 1.42. The topological polar surface area (TPSA) is 62.6 Å². The van der Waals surface area contributed by atoms with E-state index in [9.17, 15) is 14.0 Å². The number of nitrogens with zero attached hydrogens (tertiary/aromatic N) is 1. The second kappa shape index (κ2) is 7.23. The van der Waals surface area contributed by atoms with Gasteiger partial charge in [0.2, 0.25) is 5.91 Å². The monoisotopic (exact) mass is 366 g/mol. The summed E-state index contributed by atoms with van der Waals surface area (Å²) in [5, 5.41) is 3.73. The molecular weight excluding hydrogens is 347 g/mol. The molecule has 0 atom stereocenters. The minimum absolute atomic E-state index is 0.00199. The summed E-state index contributed by atoms with van der Waals surface area (Å²) in [4.78, 5) is 25.8. The minimum atomic E-state index is -0.605. The molecule has 4 rings (SSSR count). The van der Waals surface area contributed by atoms with Crippen molar-refractivity contribution in [3.05, 3.63) is 65.7 Å². The lowest BCUT2D eigenvalue weighted by atomic mass is 10.1. The van der Waals surface area contributed by atoms with Gasteiger partial charge in [0, 0.05) is 37.0 Å². The molecule has 1 N–H and O–H groups in total. The van der Waals surface area contributed by atoms with Gasteiger partial charge in [0.05, 0.1) is 5.56 Å². The smallest absolute Gasteiger partial charge is 0.254 e. The van der Waals surface area contributed by atoms with Gasteiger partial charge in [-0.3, -0.25) is 9.59 Å². The molecule has 6 heteroatoms. The first-order valence-corrected chi connectivity index (χ1v) is 8.97. The zero-order valence-corrected chi connectivity index (χ0v) is 14.7. The van der Waals surface area contributed by atoms with Crippen LogP contribution in [0.3, 0.4) is 0 Å². The van der Waals surface area contributed by atoms with Gasteiger partial charge in [-0.2, -0.15) is 0 Å². The number of para-hydroxylation sites is 1. The number of halogens is 1. The molecule has 1 aliphatic heterocycles. The highest BCUT2D eigenvalue weighted by Gasteiger charge is 2.23. The van der Waals surface area contributed by atoms with Crippen LogP contribution in [0.2, 0.25) is 0 Å². The summed E-state index contributed by atoms with van der Waals surface area (Å²) >= 11 is 0. The van der Waals surface area contributed by atoms with Crippen LogP contribution in [-0.4, -0.2) is 24.9 Å². The van der Waals surface area contributed by atoms with E-state index in [1.807, 2.05) is 30.3 Å². The molecule has 0 aliphatic carbocycles. The summed E-state index contributed by atoms with van der Waals surface area (Å²) in [5.74, 6) is -0.352. The first-order valence-electron chi connectivity index (χ1n) is 8.97. The lowest BCUT2D eigenvalue weighted by Crippen LogP contribution is -2.28. The highest BCUT2D eigenvalue weighted by Crippen LogP contribution is 2.24. The van der Waals surface area contributed by atoms with Gasteiger partial charge in [-0.25, -0.2) is 4.39 Å². The Kier molecular flexibility index (Phi) is 4.62. The summed E-state index contributed by atoms with van der Waals surface area (Å²) in [6.07, 6.45) is 1.76. The SMILES string of the molecule is O=C(NCCc1cc2ccccc2o1)c1cc(N2CCCC2=O)ccc1F. The minimum Gasteiger partial charge on any atom is -0.461 e. The highest BCUT2D eigenvalue weighted by molar-refractivity contribution is 5.99. The quantitative estimate of drug-likeness (QED) is 0.749. The summed E-state index contributed by atoms with van der Waals surface area (Å²) in [6.45, 7) is 0.919. The summed E-state index contributed by atoms with van der Waals surface area (Å²) < 4.78 is 19.8. The maximum atomic E-state index is 14.1. The van der Waals surface area contributed by atoms with Crippen molar-refractivity contribution in [3.63, 3.8) is 0 Å². The van der Waals surface area contributed by atoms with Crippen LogP contribution >= 0.6 is 0 Å². The van der Waals surface area contributed by atoms with Crippen LogP contribution in [-0.2, 0) is 11.2 Å². The first kappa shape index (κ1) is 17.3. The Labute approximate surface area is 155 Å². The van der Waals surface area contributed by atoms with Gasteiger partial charge in [-0.15, -0.1) is 0 Å². The molecule has 3 aromatic rings. The molecule has 0 spiro atoms. The molecule has 138 valence electrons. The first-order chi connectivity index (χ1) is 13.1. The van der Waals surface area contributed by atoms with E-state index in [-0.39, 0.29) is 11.5 Å². The zero-order chi connectivity index (χ0) is 18.8. The third-order valence-corrected chi connectivity index (χ3v) is 4.71. The predicted molar refractivity (Wildman–Crippen MR) is 100 cm³/mol. The molecule has 1 aromatic heterocycles. The van der Waals surface area contributed by atoms with Crippen LogP contribution in [0.25, 0.3) is 11.0 Å². The maximum Gasteiger partial charge on any atom is 0.254 e. The van der Waals surface area contributed by atoms with Crippen molar-refractivity contribution in [3.8, 4) is 0 Å². The van der Waals surface area contributed by atoms with E-state index in [1.165, 1.54) is 18.2 Å². The van der Waals surface area contributed by atoms with Crippen molar-refractivity contribution in [2.75, 3.05) is 18.0 Å². The van der Waals surface area contributed by atoms with Gasteiger partial charge < -0.3 is 14.6 Å². The van der Waals surface area contributed by atoms with Crippen LogP contribution in [0.1, 0.15) is 29.0 Å². The largest absolute Gasteiger partial charge is 0.461 e. The van der Waals surface area contributed by atoms with Gasteiger partial charge in [-0.05, 0) is 36.8 Å². The average molecular weight is 366 g/mol. The number of fused-ring (bicyclic) bond motifs is 1. The van der Waals surface area contributed by atoms with Crippen LogP contribution in [0, 0.1) is 5.82 Å². The van der Waals surface area contributed by atoms with E-state index in [4.69, 9.17) is 4.42 Å². The molecule has 27 heavy (non-hydrogen) atoms. The summed E-state index contributed by atoms with van der Waals surface area (Å²) in [5.41, 5.74) is 1.30. The highest BCUT2D eigenvalue weighted by atomic mass is 19.1. The number of benzene rings is 2. The molecule has 2 heterocycles. The molecule has 1 saturated heterocycles. The fourth-order valence-electron chi connectivity index (χ4n) is 3.33. The fraction of sp³-hybridized carbons (Fsp3) is 0.238. The van der Waals surface area contributed by atoms with Crippen molar-refractivity contribution in [1.29, 1.82) is 0 Å². The van der Waals surface area contributed by atoms with E-state index >= 15 is 0 Å². The molecule has 5 nitrogen and oxygen atoms in total. The standard InChI is InChI=1S/C21H19FN2O3/c22-18-8-7-15(24-11-3-6-20(24)25)13-17(18)21(26)23-10-9-16-12-14-4-1-2-5-19(14)27-16/h1-2,4-5,7-8,12-13H,3,6,9-11H2,(H,23,26). The lowest BCUT2D eigenvalue weighted by molar-refractivity contribution is -0.117. The molecule has 2 amide bonds. The molecule has 0 radical (unpaired) electrons. The maximum absolute atomic E-state index is 14.1. The Morgan fingerprint density at radius 1 is 1.19 bits per heavy atom. The van der Waals surface area contributed by atoms with Crippen molar-refractivity contribution in [2.24, 2.45) is 0 Å². The van der Waals surface area contributed by atoms with Crippen LogP contribution in [0.4, 0.5) is 10.1 Å². The summed E-state index contributed by atoms with van der Waals surface area (Å²) in [7, 11) is 0. The third kappa shape index (κ3) is 3.56. The number of carbonyl (C=O) groups is 2. The lowest BCUT2D eigenvalue weighted by Gasteiger charge is -2.17. The predicted octanol–water partition coefficient (Wildman–Crippen LogP) is 3.67. The van der Waals surface area contributed by atoms with Crippen LogP contribution in [0.5, 0.6) is 0 Å². The molecular formula is C21H19FN2O3. The van der Waals surface area contributed by atoms with Gasteiger partial charge in [0.25, 0.3) is 5.91 Å². The van der Waals surface area contributed by atoms with Crippen molar-refractivity contribution < 1.29 is 18.4 Å². The van der Waals surface area contributed by atoms with E-state index < -0.39 is 11.7 Å². The molecule has 1 fully saturated rings. The average Bonchev–Trinajstić information content (AvgIpc) is 3.27. The fourth-order valence-corrected chi connectivity index (χ4v) is 3.33. The number of furan rings is 1. The summed E-state index contributed by atoms with van der Waals surface area (Å²) in [6, 6.07) is 13.8. The second-order valence-electron chi connectivity index (χ2n) is 6.57. The number of hydrogen-bond donors (Lipinski definition) is 1. The van der Waals surface area contributed by atoms with E-state index in [1.54, 1.807) is 4.90 Å².